The first-order valence-corrected chi connectivity index (χ1v) is 4.75. The van der Waals surface area contributed by atoms with Crippen molar-refractivity contribution in [1.29, 1.82) is 0 Å². The fraction of sp³-hybridized carbons (Fsp3) is 0. The molecule has 2 aromatic rings. The maximum atomic E-state index is 4.27. The summed E-state index contributed by atoms with van der Waals surface area (Å²) in [4.78, 5) is 4.27. The second-order valence-electron chi connectivity index (χ2n) is 2.43. The molecule has 0 saturated heterocycles. The zero-order chi connectivity index (χ0) is 8.23. The Labute approximate surface area is 73.2 Å². The van der Waals surface area contributed by atoms with E-state index in [9.17, 15) is 0 Å². The Morgan fingerprint density at radius 1 is 1.00 bits per heavy atom. The molecule has 0 amide bonds. The normalized spacial score (nSPS) is 10.3. The molecular formula is C10H8NP. The molecule has 0 aliphatic rings. The SMILES string of the molecule is c1ccc(-c2ccccp2)nc1. The van der Waals surface area contributed by atoms with Gasteiger partial charge in [-0.25, -0.2) is 0 Å². The van der Waals surface area contributed by atoms with Gasteiger partial charge in [-0.1, -0.05) is 26.4 Å². The van der Waals surface area contributed by atoms with Crippen LogP contribution < -0.4 is 0 Å². The van der Waals surface area contributed by atoms with Gasteiger partial charge in [0.1, 0.15) is 0 Å². The van der Waals surface area contributed by atoms with Crippen molar-refractivity contribution in [2.45, 2.75) is 0 Å². The minimum atomic E-state index is 1.07. The Kier molecular flexibility index (Phi) is 2.15. The molecule has 0 aliphatic carbocycles. The van der Waals surface area contributed by atoms with Gasteiger partial charge in [0, 0.05) is 11.5 Å². The molecule has 0 fully saturated rings. The van der Waals surface area contributed by atoms with E-state index in [4.69, 9.17) is 0 Å². The van der Waals surface area contributed by atoms with E-state index in [0.29, 0.717) is 0 Å². The van der Waals surface area contributed by atoms with Crippen LogP contribution >= 0.6 is 8.19 Å². The lowest BCUT2D eigenvalue weighted by molar-refractivity contribution is 1.34. The molecule has 2 heteroatoms. The number of hydrogen-bond acceptors (Lipinski definition) is 1. The molecule has 0 unspecified atom stereocenters. The van der Waals surface area contributed by atoms with Crippen molar-refractivity contribution < 1.29 is 0 Å². The molecule has 0 saturated carbocycles. The van der Waals surface area contributed by atoms with Crippen molar-refractivity contribution in [2.24, 2.45) is 0 Å². The molecule has 0 bridgehead atoms. The highest BCUT2D eigenvalue weighted by molar-refractivity contribution is 7.33. The number of nitrogens with zero attached hydrogens (tertiary/aromatic N) is 1. The Balaban J connectivity index is 2.46. The van der Waals surface area contributed by atoms with Crippen LogP contribution in [0.3, 0.4) is 0 Å². The number of hydrogen-bond donors (Lipinski definition) is 0. The first-order chi connectivity index (χ1) is 5.97. The van der Waals surface area contributed by atoms with Crippen molar-refractivity contribution in [2.75, 3.05) is 0 Å². The predicted octanol–water partition coefficient (Wildman–Crippen LogP) is 3.33. The molecule has 0 atom stereocenters. The van der Waals surface area contributed by atoms with E-state index in [2.05, 4.69) is 16.8 Å². The van der Waals surface area contributed by atoms with Gasteiger partial charge in [-0.3, -0.25) is 4.98 Å². The van der Waals surface area contributed by atoms with Crippen LogP contribution in [-0.2, 0) is 0 Å². The minimum Gasteiger partial charge on any atom is -0.256 e. The van der Waals surface area contributed by atoms with Gasteiger partial charge in [0.25, 0.3) is 0 Å². The predicted molar refractivity (Wildman–Crippen MR) is 52.2 cm³/mol. The van der Waals surface area contributed by atoms with Crippen molar-refractivity contribution in [1.82, 2.24) is 4.98 Å². The highest BCUT2D eigenvalue weighted by Gasteiger charge is 1.94. The van der Waals surface area contributed by atoms with Crippen LogP contribution in [0.2, 0.25) is 0 Å². The zero-order valence-corrected chi connectivity index (χ0v) is 7.41. The smallest absolute Gasteiger partial charge is 0.0747 e. The van der Waals surface area contributed by atoms with Crippen LogP contribution in [0.1, 0.15) is 0 Å². The van der Waals surface area contributed by atoms with E-state index >= 15 is 0 Å². The van der Waals surface area contributed by atoms with Crippen molar-refractivity contribution >= 4 is 8.19 Å². The van der Waals surface area contributed by atoms with Crippen LogP contribution in [0.25, 0.3) is 11.0 Å². The molecule has 2 aromatic heterocycles. The summed E-state index contributed by atoms with van der Waals surface area (Å²) in [5.41, 5.74) is 1.07. The van der Waals surface area contributed by atoms with E-state index in [-0.39, 0.29) is 0 Å². The summed E-state index contributed by atoms with van der Waals surface area (Å²) < 4.78 is 0. The second kappa shape index (κ2) is 3.46. The van der Waals surface area contributed by atoms with Gasteiger partial charge in [0.05, 0.1) is 5.69 Å². The average Bonchev–Trinajstić information content (AvgIpc) is 2.21. The summed E-state index contributed by atoms with van der Waals surface area (Å²) in [5, 5.41) is 1.26. The third-order valence-electron chi connectivity index (χ3n) is 1.59. The number of pyridine rings is 1. The van der Waals surface area contributed by atoms with Crippen LogP contribution in [-0.4, -0.2) is 4.98 Å². The van der Waals surface area contributed by atoms with E-state index in [1.54, 1.807) is 0 Å². The molecule has 2 rings (SSSR count). The zero-order valence-electron chi connectivity index (χ0n) is 6.51. The standard InChI is InChI=1S/C10H8NP/c1-3-7-11-9(5-1)10-6-2-4-8-12-10/h1-8H. The topological polar surface area (TPSA) is 12.9 Å². The first kappa shape index (κ1) is 7.45. The summed E-state index contributed by atoms with van der Waals surface area (Å²) in [6, 6.07) is 12.2. The summed E-state index contributed by atoms with van der Waals surface area (Å²) in [7, 11) is 1.23. The quantitative estimate of drug-likeness (QED) is 0.644. The monoisotopic (exact) mass is 173 g/mol. The maximum Gasteiger partial charge on any atom is 0.0747 e. The molecule has 0 aromatic carbocycles. The number of rotatable bonds is 1. The van der Waals surface area contributed by atoms with Crippen molar-refractivity contribution in [3.8, 4) is 11.0 Å². The molecule has 2 heterocycles. The lowest BCUT2D eigenvalue weighted by atomic mass is 10.3. The minimum absolute atomic E-state index is 1.07. The molecule has 0 N–H and O–H groups in total. The highest BCUT2D eigenvalue weighted by Crippen LogP contribution is 2.24. The fourth-order valence-corrected chi connectivity index (χ4v) is 1.81. The van der Waals surface area contributed by atoms with E-state index in [1.807, 2.05) is 36.5 Å². The van der Waals surface area contributed by atoms with Gasteiger partial charge >= 0.3 is 0 Å². The van der Waals surface area contributed by atoms with Crippen LogP contribution in [0.4, 0.5) is 0 Å². The molecule has 1 nitrogen and oxygen atoms in total. The Bertz CT molecular complexity index is 307. The van der Waals surface area contributed by atoms with Gasteiger partial charge in [-0.05, 0) is 24.0 Å². The van der Waals surface area contributed by atoms with Gasteiger partial charge < -0.3 is 0 Å². The largest absolute Gasteiger partial charge is 0.256 e. The summed E-state index contributed by atoms with van der Waals surface area (Å²) in [5.74, 6) is 2.12. The Hall–Kier alpha value is -1.20. The molecule has 0 spiro atoms. The Morgan fingerprint density at radius 2 is 1.92 bits per heavy atom. The average molecular weight is 173 g/mol. The summed E-state index contributed by atoms with van der Waals surface area (Å²) in [6.45, 7) is 0. The van der Waals surface area contributed by atoms with Gasteiger partial charge in [-0.15, -0.1) is 0 Å². The van der Waals surface area contributed by atoms with E-state index < -0.39 is 0 Å². The molecule has 0 aliphatic heterocycles. The van der Waals surface area contributed by atoms with Gasteiger partial charge in [0.2, 0.25) is 0 Å². The van der Waals surface area contributed by atoms with Gasteiger partial charge in [0.15, 0.2) is 0 Å². The third kappa shape index (κ3) is 1.51. The maximum absolute atomic E-state index is 4.27. The lowest BCUT2D eigenvalue weighted by Crippen LogP contribution is -1.76. The van der Waals surface area contributed by atoms with Crippen LogP contribution in [0.15, 0.2) is 48.4 Å². The molecule has 12 heavy (non-hydrogen) atoms. The Morgan fingerprint density at radius 3 is 2.58 bits per heavy atom. The molecule has 0 radical (unpaired) electrons. The molecule has 58 valence electrons. The molecular weight excluding hydrogens is 165 g/mol. The highest BCUT2D eigenvalue weighted by atomic mass is 31.0. The first-order valence-electron chi connectivity index (χ1n) is 3.79. The van der Waals surface area contributed by atoms with E-state index in [1.165, 1.54) is 13.5 Å². The van der Waals surface area contributed by atoms with Crippen LogP contribution in [0.5, 0.6) is 0 Å². The van der Waals surface area contributed by atoms with Crippen molar-refractivity contribution in [3.05, 3.63) is 48.4 Å². The van der Waals surface area contributed by atoms with Crippen LogP contribution in [0, 0.1) is 0 Å². The lowest BCUT2D eigenvalue weighted by Gasteiger charge is -1.96. The summed E-state index contributed by atoms with van der Waals surface area (Å²) in [6.07, 6.45) is 1.82. The fourth-order valence-electron chi connectivity index (χ4n) is 1.03. The number of aromatic nitrogens is 1. The van der Waals surface area contributed by atoms with E-state index in [0.717, 1.165) is 5.69 Å². The second-order valence-corrected chi connectivity index (χ2v) is 3.47. The summed E-state index contributed by atoms with van der Waals surface area (Å²) >= 11 is 0. The van der Waals surface area contributed by atoms with Gasteiger partial charge in [-0.2, -0.15) is 0 Å². The third-order valence-corrected chi connectivity index (χ3v) is 2.57. The van der Waals surface area contributed by atoms with Crippen molar-refractivity contribution in [3.63, 3.8) is 0 Å².